The van der Waals surface area contributed by atoms with E-state index in [0.29, 0.717) is 0 Å². The number of aliphatic hydroxyl groups is 2. The molecule has 54 valence electrons. The summed E-state index contributed by atoms with van der Waals surface area (Å²) >= 11 is 0. The molecule has 1 rings (SSSR count). The van der Waals surface area contributed by atoms with Gasteiger partial charge >= 0.3 is 0 Å². The van der Waals surface area contributed by atoms with Crippen LogP contribution in [0, 0.1) is 5.92 Å². The van der Waals surface area contributed by atoms with Crippen LogP contribution in [0.15, 0.2) is 0 Å². The lowest BCUT2D eigenvalue weighted by molar-refractivity contribution is 0.169. The third-order valence-electron chi connectivity index (χ3n) is 1.92. The molecule has 3 N–H and O–H groups in total. The van der Waals surface area contributed by atoms with Crippen LogP contribution in [0.3, 0.4) is 0 Å². The molecule has 2 atom stereocenters. The number of aliphatic hydroxyl groups excluding tert-OH is 2. The third kappa shape index (κ3) is 1.41. The lowest BCUT2D eigenvalue weighted by Gasteiger charge is -2.12. The van der Waals surface area contributed by atoms with Crippen LogP contribution in [0.2, 0.25) is 0 Å². The summed E-state index contributed by atoms with van der Waals surface area (Å²) in [6, 6.07) is 0.134. The van der Waals surface area contributed by atoms with E-state index in [4.69, 9.17) is 10.2 Å². The molecule has 3 nitrogen and oxygen atoms in total. The Bertz CT molecular complexity index is 77.1. The highest BCUT2D eigenvalue weighted by Gasteiger charge is 2.24. The Morgan fingerprint density at radius 2 is 2.11 bits per heavy atom. The fourth-order valence-electron chi connectivity index (χ4n) is 1.25. The molecule has 0 amide bonds. The predicted octanol–water partition coefficient (Wildman–Crippen LogP) is -1.05. The van der Waals surface area contributed by atoms with Crippen LogP contribution in [-0.4, -0.2) is 36.0 Å². The molecule has 0 bridgehead atoms. The first-order valence-electron chi connectivity index (χ1n) is 3.33. The average molecular weight is 131 g/mol. The van der Waals surface area contributed by atoms with Crippen LogP contribution in [0.25, 0.3) is 0 Å². The minimum absolute atomic E-state index is 0.134. The molecular weight excluding hydrogens is 118 g/mol. The molecule has 0 saturated carbocycles. The van der Waals surface area contributed by atoms with Crippen LogP contribution in [-0.2, 0) is 0 Å². The van der Waals surface area contributed by atoms with Gasteiger partial charge in [-0.1, -0.05) is 0 Å². The summed E-state index contributed by atoms with van der Waals surface area (Å²) < 4.78 is 0. The van der Waals surface area contributed by atoms with Gasteiger partial charge < -0.3 is 15.5 Å². The van der Waals surface area contributed by atoms with Crippen molar-refractivity contribution in [2.75, 3.05) is 19.8 Å². The first-order chi connectivity index (χ1) is 4.38. The van der Waals surface area contributed by atoms with Crippen molar-refractivity contribution in [2.45, 2.75) is 12.5 Å². The Balaban J connectivity index is 2.32. The van der Waals surface area contributed by atoms with Gasteiger partial charge in [-0.15, -0.1) is 0 Å². The lowest BCUT2D eigenvalue weighted by atomic mass is 10.0. The second-order valence-electron chi connectivity index (χ2n) is 2.47. The summed E-state index contributed by atoms with van der Waals surface area (Å²) in [6.07, 6.45) is 0.988. The van der Waals surface area contributed by atoms with Gasteiger partial charge in [0.15, 0.2) is 0 Å². The van der Waals surface area contributed by atoms with E-state index in [-0.39, 0.29) is 25.2 Å². The number of hydrogen-bond donors (Lipinski definition) is 3. The van der Waals surface area contributed by atoms with Crippen molar-refractivity contribution in [1.29, 1.82) is 0 Å². The third-order valence-corrected chi connectivity index (χ3v) is 1.92. The lowest BCUT2D eigenvalue weighted by Crippen LogP contribution is -2.32. The minimum Gasteiger partial charge on any atom is -0.396 e. The van der Waals surface area contributed by atoms with Crippen LogP contribution in [0.5, 0.6) is 0 Å². The second-order valence-corrected chi connectivity index (χ2v) is 2.47. The van der Waals surface area contributed by atoms with E-state index < -0.39 is 0 Å². The molecule has 1 heterocycles. The highest BCUT2D eigenvalue weighted by molar-refractivity contribution is 4.82. The van der Waals surface area contributed by atoms with Crippen LogP contribution < -0.4 is 5.32 Å². The molecule has 0 aliphatic carbocycles. The molecule has 1 aliphatic heterocycles. The van der Waals surface area contributed by atoms with Crippen molar-refractivity contribution in [3.8, 4) is 0 Å². The Kier molecular flexibility index (Phi) is 2.45. The number of rotatable bonds is 2. The Hall–Kier alpha value is -0.120. The molecule has 0 unspecified atom stereocenters. The summed E-state index contributed by atoms with van der Waals surface area (Å²) in [5.74, 6) is 0.273. The molecule has 1 saturated heterocycles. The topological polar surface area (TPSA) is 52.5 Å². The van der Waals surface area contributed by atoms with Crippen molar-refractivity contribution in [2.24, 2.45) is 5.92 Å². The van der Waals surface area contributed by atoms with Gasteiger partial charge in [-0.05, 0) is 13.0 Å². The molecule has 3 heteroatoms. The molecule has 0 radical (unpaired) electrons. The van der Waals surface area contributed by atoms with Crippen molar-refractivity contribution in [1.82, 2.24) is 5.32 Å². The van der Waals surface area contributed by atoms with Crippen molar-refractivity contribution in [3.63, 3.8) is 0 Å². The van der Waals surface area contributed by atoms with Gasteiger partial charge in [0, 0.05) is 18.6 Å². The smallest absolute Gasteiger partial charge is 0.0588 e. The zero-order valence-corrected chi connectivity index (χ0v) is 5.38. The Morgan fingerprint density at radius 1 is 1.33 bits per heavy atom. The minimum atomic E-state index is 0.134. The van der Waals surface area contributed by atoms with Gasteiger partial charge in [0.25, 0.3) is 0 Å². The molecule has 1 fully saturated rings. The van der Waals surface area contributed by atoms with Crippen molar-refractivity contribution >= 4 is 0 Å². The van der Waals surface area contributed by atoms with Gasteiger partial charge in [-0.2, -0.15) is 0 Å². The van der Waals surface area contributed by atoms with Crippen molar-refractivity contribution < 1.29 is 10.2 Å². The van der Waals surface area contributed by atoms with Crippen LogP contribution >= 0.6 is 0 Å². The maximum atomic E-state index is 8.72. The van der Waals surface area contributed by atoms with Crippen LogP contribution in [0.4, 0.5) is 0 Å². The van der Waals surface area contributed by atoms with E-state index in [1.165, 1.54) is 0 Å². The van der Waals surface area contributed by atoms with E-state index in [1.807, 2.05) is 0 Å². The first-order valence-corrected chi connectivity index (χ1v) is 3.33. The molecule has 0 aromatic rings. The number of nitrogens with one attached hydrogen (secondary N) is 1. The van der Waals surface area contributed by atoms with E-state index in [0.717, 1.165) is 13.0 Å². The summed E-state index contributed by atoms with van der Waals surface area (Å²) in [6.45, 7) is 1.26. The summed E-state index contributed by atoms with van der Waals surface area (Å²) in [5.41, 5.74) is 0. The highest BCUT2D eigenvalue weighted by Crippen LogP contribution is 2.13. The summed E-state index contributed by atoms with van der Waals surface area (Å²) in [4.78, 5) is 0. The van der Waals surface area contributed by atoms with Gasteiger partial charge in [-0.25, -0.2) is 0 Å². The van der Waals surface area contributed by atoms with Crippen molar-refractivity contribution in [3.05, 3.63) is 0 Å². The molecule has 0 aromatic carbocycles. The molecular formula is C6H13NO2. The fourth-order valence-corrected chi connectivity index (χ4v) is 1.25. The number of hydrogen-bond acceptors (Lipinski definition) is 3. The molecule has 0 aromatic heterocycles. The van der Waals surface area contributed by atoms with Gasteiger partial charge in [0.1, 0.15) is 0 Å². The van der Waals surface area contributed by atoms with E-state index in [1.54, 1.807) is 0 Å². The van der Waals surface area contributed by atoms with E-state index in [9.17, 15) is 0 Å². The molecule has 0 spiro atoms. The average Bonchev–Trinajstić information content (AvgIpc) is 2.33. The standard InChI is InChI=1S/C6H13NO2/c8-3-5-1-2-7-6(5)4-9/h5-9H,1-4H2/t5-,6+/m1/s1. The summed E-state index contributed by atoms with van der Waals surface area (Å²) in [7, 11) is 0. The maximum Gasteiger partial charge on any atom is 0.0588 e. The zero-order valence-electron chi connectivity index (χ0n) is 5.38. The fraction of sp³-hybridized carbons (Fsp3) is 1.00. The highest BCUT2D eigenvalue weighted by atomic mass is 16.3. The van der Waals surface area contributed by atoms with Gasteiger partial charge in [-0.3, -0.25) is 0 Å². The zero-order chi connectivity index (χ0) is 6.69. The maximum absolute atomic E-state index is 8.72. The molecule has 9 heavy (non-hydrogen) atoms. The SMILES string of the molecule is OC[C@H]1CCN[C@H]1CO. The normalized spacial score (nSPS) is 35.3. The quantitative estimate of drug-likeness (QED) is 0.448. The van der Waals surface area contributed by atoms with E-state index in [2.05, 4.69) is 5.32 Å². The Labute approximate surface area is 54.7 Å². The second kappa shape index (κ2) is 3.15. The predicted molar refractivity (Wildman–Crippen MR) is 34.1 cm³/mol. The molecule has 1 aliphatic rings. The van der Waals surface area contributed by atoms with Crippen LogP contribution in [0.1, 0.15) is 6.42 Å². The van der Waals surface area contributed by atoms with Gasteiger partial charge in [0.05, 0.1) is 6.61 Å². The van der Waals surface area contributed by atoms with Gasteiger partial charge in [0.2, 0.25) is 0 Å². The largest absolute Gasteiger partial charge is 0.396 e. The monoisotopic (exact) mass is 131 g/mol. The summed E-state index contributed by atoms with van der Waals surface area (Å²) in [5, 5.41) is 20.5. The first kappa shape index (κ1) is 6.99. The Morgan fingerprint density at radius 3 is 2.56 bits per heavy atom. The van der Waals surface area contributed by atoms with E-state index >= 15 is 0 Å².